The lowest BCUT2D eigenvalue weighted by atomic mass is 9.95. The summed E-state index contributed by atoms with van der Waals surface area (Å²) in [7, 11) is 0. The quantitative estimate of drug-likeness (QED) is 0.824. The topological polar surface area (TPSA) is 12.0 Å². The van der Waals surface area contributed by atoms with Crippen LogP contribution in [-0.2, 0) is 12.0 Å². The van der Waals surface area contributed by atoms with Crippen LogP contribution < -0.4 is 5.32 Å². The van der Waals surface area contributed by atoms with Crippen molar-refractivity contribution >= 4 is 11.3 Å². The molecule has 1 fully saturated rings. The zero-order valence-electron chi connectivity index (χ0n) is 10.2. The fraction of sp³-hybridized carbons (Fsp3) is 0.692. The van der Waals surface area contributed by atoms with Crippen molar-refractivity contribution in [2.24, 2.45) is 0 Å². The lowest BCUT2D eigenvalue weighted by Crippen LogP contribution is -2.26. The van der Waals surface area contributed by atoms with Gasteiger partial charge in [0.15, 0.2) is 0 Å². The van der Waals surface area contributed by atoms with E-state index in [-0.39, 0.29) is 0 Å². The van der Waals surface area contributed by atoms with Gasteiger partial charge in [-0.25, -0.2) is 0 Å². The van der Waals surface area contributed by atoms with Crippen LogP contribution in [0, 0.1) is 0 Å². The zero-order valence-corrected chi connectivity index (χ0v) is 11.0. The van der Waals surface area contributed by atoms with Gasteiger partial charge in [-0.3, -0.25) is 0 Å². The first kappa shape index (κ1) is 11.2. The average Bonchev–Trinajstić information content (AvgIpc) is 2.66. The fourth-order valence-electron chi connectivity index (χ4n) is 1.54. The summed E-state index contributed by atoms with van der Waals surface area (Å²) >= 11 is 1.95. The lowest BCUT2D eigenvalue weighted by molar-refractivity contribution is 0.541. The van der Waals surface area contributed by atoms with Gasteiger partial charge < -0.3 is 5.32 Å². The molecule has 1 nitrogen and oxygen atoms in total. The van der Waals surface area contributed by atoms with E-state index in [0.29, 0.717) is 11.0 Å². The molecule has 1 aliphatic rings. The van der Waals surface area contributed by atoms with Gasteiger partial charge in [-0.15, -0.1) is 11.3 Å². The smallest absolute Gasteiger partial charge is 0.0304 e. The van der Waals surface area contributed by atoms with Gasteiger partial charge in [0.1, 0.15) is 0 Å². The van der Waals surface area contributed by atoms with Crippen LogP contribution in [-0.4, -0.2) is 5.54 Å². The van der Waals surface area contributed by atoms with Gasteiger partial charge in [-0.1, -0.05) is 20.8 Å². The van der Waals surface area contributed by atoms with E-state index in [1.165, 1.54) is 22.6 Å². The molecule has 1 N–H and O–H groups in total. The van der Waals surface area contributed by atoms with Gasteiger partial charge in [0.05, 0.1) is 0 Å². The Morgan fingerprint density at radius 2 is 2.00 bits per heavy atom. The normalized spacial score (nSPS) is 19.2. The molecule has 1 aliphatic carbocycles. The molecule has 0 bridgehead atoms. The maximum absolute atomic E-state index is 3.62. The minimum atomic E-state index is 0.298. The molecule has 2 heteroatoms. The van der Waals surface area contributed by atoms with E-state index in [1.54, 1.807) is 0 Å². The first-order valence-electron chi connectivity index (χ1n) is 5.73. The summed E-state index contributed by atoms with van der Waals surface area (Å²) in [5, 5.41) is 3.62. The summed E-state index contributed by atoms with van der Waals surface area (Å²) in [5.41, 5.74) is 0.748. The van der Waals surface area contributed by atoms with Crippen LogP contribution in [0.4, 0.5) is 0 Å². The molecule has 0 saturated heterocycles. The largest absolute Gasteiger partial charge is 0.307 e. The van der Waals surface area contributed by atoms with Crippen molar-refractivity contribution in [3.63, 3.8) is 0 Å². The molecule has 0 amide bonds. The van der Waals surface area contributed by atoms with E-state index >= 15 is 0 Å². The van der Waals surface area contributed by atoms with Gasteiger partial charge in [0, 0.05) is 21.8 Å². The van der Waals surface area contributed by atoms with Crippen LogP contribution in [0.25, 0.3) is 0 Å². The second-order valence-electron chi connectivity index (χ2n) is 5.93. The number of rotatable bonds is 3. The van der Waals surface area contributed by atoms with E-state index in [4.69, 9.17) is 0 Å². The highest BCUT2D eigenvalue weighted by atomic mass is 32.1. The van der Waals surface area contributed by atoms with Crippen molar-refractivity contribution in [1.82, 2.24) is 5.32 Å². The molecule has 0 spiro atoms. The van der Waals surface area contributed by atoms with E-state index < -0.39 is 0 Å². The third-order valence-electron chi connectivity index (χ3n) is 3.09. The maximum Gasteiger partial charge on any atom is 0.0304 e. The van der Waals surface area contributed by atoms with Crippen LogP contribution in [0.1, 0.15) is 50.3 Å². The van der Waals surface area contributed by atoms with Crippen molar-refractivity contribution in [2.75, 3.05) is 0 Å². The second-order valence-corrected chi connectivity index (χ2v) is 7.10. The molecule has 0 aromatic carbocycles. The summed E-state index contributed by atoms with van der Waals surface area (Å²) in [6.07, 6.45) is 2.68. The summed E-state index contributed by atoms with van der Waals surface area (Å²) in [5.74, 6) is 0. The molecule has 1 saturated carbocycles. The van der Waals surface area contributed by atoms with Gasteiger partial charge >= 0.3 is 0 Å². The maximum atomic E-state index is 3.62. The van der Waals surface area contributed by atoms with Crippen LogP contribution in [0.15, 0.2) is 12.1 Å². The zero-order chi connectivity index (χ0) is 11.1. The number of hydrogen-bond acceptors (Lipinski definition) is 2. The van der Waals surface area contributed by atoms with E-state index in [9.17, 15) is 0 Å². The molecule has 2 rings (SSSR count). The molecule has 0 unspecified atom stereocenters. The average molecular weight is 223 g/mol. The van der Waals surface area contributed by atoms with E-state index in [1.807, 2.05) is 11.3 Å². The van der Waals surface area contributed by atoms with Crippen molar-refractivity contribution in [2.45, 2.75) is 58.0 Å². The highest BCUT2D eigenvalue weighted by molar-refractivity contribution is 7.12. The van der Waals surface area contributed by atoms with Crippen LogP contribution in [0.3, 0.4) is 0 Å². The van der Waals surface area contributed by atoms with Gasteiger partial charge in [-0.05, 0) is 37.3 Å². The molecule has 15 heavy (non-hydrogen) atoms. The third-order valence-corrected chi connectivity index (χ3v) is 4.60. The summed E-state index contributed by atoms with van der Waals surface area (Å²) in [6.45, 7) is 10.2. The molecule has 1 aromatic heterocycles. The Balaban J connectivity index is 1.95. The van der Waals surface area contributed by atoms with E-state index in [2.05, 4.69) is 45.1 Å². The van der Waals surface area contributed by atoms with Crippen molar-refractivity contribution in [3.05, 3.63) is 21.9 Å². The number of nitrogens with one attached hydrogen (secondary N) is 1. The minimum absolute atomic E-state index is 0.298. The Labute approximate surface area is 96.9 Å². The molecular weight excluding hydrogens is 202 g/mol. The highest BCUT2D eigenvalue weighted by Crippen LogP contribution is 2.35. The van der Waals surface area contributed by atoms with Crippen molar-refractivity contribution in [1.29, 1.82) is 0 Å². The highest BCUT2D eigenvalue weighted by Gasteiger charge is 2.36. The van der Waals surface area contributed by atoms with Crippen LogP contribution >= 0.6 is 11.3 Å². The summed E-state index contributed by atoms with van der Waals surface area (Å²) in [4.78, 5) is 2.95. The minimum Gasteiger partial charge on any atom is -0.307 e. The van der Waals surface area contributed by atoms with Crippen LogP contribution in [0.5, 0.6) is 0 Å². The summed E-state index contributed by atoms with van der Waals surface area (Å²) in [6, 6.07) is 4.54. The SMILES string of the molecule is CC1(NCc2ccc(C(C)(C)C)s2)CC1. The monoisotopic (exact) mass is 223 g/mol. The Kier molecular flexibility index (Phi) is 2.68. The van der Waals surface area contributed by atoms with Crippen molar-refractivity contribution in [3.8, 4) is 0 Å². The molecular formula is C13H21NS. The molecule has 0 radical (unpaired) electrons. The summed E-state index contributed by atoms with van der Waals surface area (Å²) < 4.78 is 0. The van der Waals surface area contributed by atoms with Gasteiger partial charge in [-0.2, -0.15) is 0 Å². The van der Waals surface area contributed by atoms with Crippen LogP contribution in [0.2, 0.25) is 0 Å². The number of hydrogen-bond donors (Lipinski definition) is 1. The molecule has 1 heterocycles. The lowest BCUT2D eigenvalue weighted by Gasteiger charge is -2.15. The standard InChI is InChI=1S/C13H21NS/c1-12(2,3)11-6-5-10(15-11)9-14-13(4)7-8-13/h5-6,14H,7-9H2,1-4H3. The Bertz CT molecular complexity index is 342. The van der Waals surface area contributed by atoms with Crippen molar-refractivity contribution < 1.29 is 0 Å². The van der Waals surface area contributed by atoms with Gasteiger partial charge in [0.2, 0.25) is 0 Å². The molecule has 0 aliphatic heterocycles. The molecule has 1 aromatic rings. The first-order valence-corrected chi connectivity index (χ1v) is 6.55. The first-order chi connectivity index (χ1) is 6.89. The van der Waals surface area contributed by atoms with Gasteiger partial charge in [0.25, 0.3) is 0 Å². The predicted octanol–water partition coefficient (Wildman–Crippen LogP) is 3.69. The van der Waals surface area contributed by atoms with E-state index in [0.717, 1.165) is 6.54 Å². The Morgan fingerprint density at radius 3 is 2.47 bits per heavy atom. The Hall–Kier alpha value is -0.340. The predicted molar refractivity (Wildman–Crippen MR) is 67.5 cm³/mol. The molecule has 0 atom stereocenters. The number of thiophene rings is 1. The Morgan fingerprint density at radius 1 is 1.33 bits per heavy atom. The fourth-order valence-corrected chi connectivity index (χ4v) is 2.55. The molecule has 84 valence electrons. The third kappa shape index (κ3) is 2.82. The second kappa shape index (κ2) is 3.60.